The maximum Gasteiger partial charge on any atom is 0.252 e. The van der Waals surface area contributed by atoms with Gasteiger partial charge in [0.15, 0.2) is 0 Å². The summed E-state index contributed by atoms with van der Waals surface area (Å²) in [6.07, 6.45) is 2.56. The Hall–Kier alpha value is -1.10. The van der Waals surface area contributed by atoms with Crippen molar-refractivity contribution in [3.05, 3.63) is 50.4 Å². The molecule has 6 heteroatoms. The van der Waals surface area contributed by atoms with Gasteiger partial charge in [-0.15, -0.1) is 11.3 Å². The van der Waals surface area contributed by atoms with Crippen LogP contribution in [0.1, 0.15) is 15.2 Å². The number of halogens is 2. The molecule has 0 unspecified atom stereocenters. The zero-order valence-corrected chi connectivity index (χ0v) is 11.6. The van der Waals surface area contributed by atoms with E-state index in [4.69, 9.17) is 23.2 Å². The fraction of sp³-hybridized carbons (Fsp3) is 0.167. The Morgan fingerprint density at radius 2 is 2.22 bits per heavy atom. The molecule has 1 amide bonds. The van der Waals surface area contributed by atoms with Crippen LogP contribution < -0.4 is 5.32 Å². The molecule has 94 valence electrons. The Kier molecular flexibility index (Phi) is 4.58. The minimum absolute atomic E-state index is 0.193. The number of hydrogen-bond donors (Lipinski definition) is 1. The molecule has 0 aliphatic heterocycles. The Balaban J connectivity index is 1.91. The van der Waals surface area contributed by atoms with E-state index in [-0.39, 0.29) is 5.91 Å². The van der Waals surface area contributed by atoms with Crippen LogP contribution in [0.4, 0.5) is 0 Å². The second kappa shape index (κ2) is 6.18. The average molecular weight is 301 g/mol. The van der Waals surface area contributed by atoms with Gasteiger partial charge in [-0.1, -0.05) is 23.2 Å². The number of benzene rings is 1. The van der Waals surface area contributed by atoms with Gasteiger partial charge in [0.25, 0.3) is 5.91 Å². The zero-order chi connectivity index (χ0) is 13.0. The van der Waals surface area contributed by atoms with E-state index in [0.717, 1.165) is 11.3 Å². The van der Waals surface area contributed by atoms with Crippen LogP contribution >= 0.6 is 34.5 Å². The van der Waals surface area contributed by atoms with Crippen LogP contribution in [0, 0.1) is 0 Å². The maximum atomic E-state index is 11.9. The van der Waals surface area contributed by atoms with E-state index in [1.165, 1.54) is 0 Å². The Labute approximate surface area is 119 Å². The molecule has 2 rings (SSSR count). The summed E-state index contributed by atoms with van der Waals surface area (Å²) in [5, 5.41) is 3.68. The Bertz CT molecular complexity index is 543. The lowest BCUT2D eigenvalue weighted by Gasteiger charge is -2.06. The summed E-state index contributed by atoms with van der Waals surface area (Å²) in [4.78, 5) is 17.0. The topological polar surface area (TPSA) is 42.0 Å². The van der Waals surface area contributed by atoms with Crippen molar-refractivity contribution in [3.8, 4) is 0 Å². The van der Waals surface area contributed by atoms with Crippen molar-refractivity contribution in [2.75, 3.05) is 6.54 Å². The van der Waals surface area contributed by atoms with Gasteiger partial charge in [-0.25, -0.2) is 0 Å². The molecular formula is C12H10Cl2N2OS. The van der Waals surface area contributed by atoms with Gasteiger partial charge in [-0.05, 0) is 18.2 Å². The fourth-order valence-electron chi connectivity index (χ4n) is 1.43. The van der Waals surface area contributed by atoms with Gasteiger partial charge >= 0.3 is 0 Å². The number of rotatable bonds is 4. The summed E-state index contributed by atoms with van der Waals surface area (Å²) in [5.74, 6) is -0.193. The lowest BCUT2D eigenvalue weighted by Crippen LogP contribution is -2.25. The first-order chi connectivity index (χ1) is 8.66. The third-order valence-corrected chi connectivity index (χ3v) is 3.70. The van der Waals surface area contributed by atoms with E-state index < -0.39 is 0 Å². The largest absolute Gasteiger partial charge is 0.352 e. The molecule has 18 heavy (non-hydrogen) atoms. The standard InChI is InChI=1S/C12H10Cl2N2OS/c13-8-1-2-10(11(14)5-8)12(17)16-4-3-9-6-15-7-18-9/h1-2,5-7H,3-4H2,(H,16,17). The number of hydrogen-bond acceptors (Lipinski definition) is 3. The van der Waals surface area contributed by atoms with Crippen molar-refractivity contribution in [2.24, 2.45) is 0 Å². The molecule has 1 N–H and O–H groups in total. The van der Waals surface area contributed by atoms with Gasteiger partial charge in [0.05, 0.1) is 16.1 Å². The van der Waals surface area contributed by atoms with E-state index in [1.54, 1.807) is 41.2 Å². The van der Waals surface area contributed by atoms with Crippen LogP contribution in [-0.2, 0) is 6.42 Å². The molecule has 0 atom stereocenters. The van der Waals surface area contributed by atoms with Crippen molar-refractivity contribution >= 4 is 40.4 Å². The quantitative estimate of drug-likeness (QED) is 0.940. The summed E-state index contributed by atoms with van der Waals surface area (Å²) in [5.41, 5.74) is 2.21. The molecule has 0 saturated carbocycles. The molecule has 0 radical (unpaired) electrons. The highest BCUT2D eigenvalue weighted by atomic mass is 35.5. The number of thiazole rings is 1. The minimum Gasteiger partial charge on any atom is -0.352 e. The number of carbonyl (C=O) groups excluding carboxylic acids is 1. The third-order valence-electron chi connectivity index (χ3n) is 2.32. The molecule has 0 aliphatic carbocycles. The van der Waals surface area contributed by atoms with Gasteiger partial charge in [0.2, 0.25) is 0 Å². The van der Waals surface area contributed by atoms with Gasteiger partial charge < -0.3 is 5.32 Å². The van der Waals surface area contributed by atoms with Crippen LogP contribution in [0.15, 0.2) is 29.9 Å². The molecule has 1 heterocycles. The number of nitrogens with zero attached hydrogens (tertiary/aromatic N) is 1. The number of amides is 1. The molecule has 0 bridgehead atoms. The highest BCUT2D eigenvalue weighted by molar-refractivity contribution is 7.09. The molecule has 0 fully saturated rings. The third kappa shape index (κ3) is 3.45. The van der Waals surface area contributed by atoms with Crippen LogP contribution in [0.3, 0.4) is 0 Å². The lowest BCUT2D eigenvalue weighted by atomic mass is 10.2. The van der Waals surface area contributed by atoms with Crippen molar-refractivity contribution < 1.29 is 4.79 Å². The monoisotopic (exact) mass is 300 g/mol. The van der Waals surface area contributed by atoms with Crippen molar-refractivity contribution in [1.82, 2.24) is 10.3 Å². The SMILES string of the molecule is O=C(NCCc1cncs1)c1ccc(Cl)cc1Cl. The normalized spacial score (nSPS) is 10.3. The number of aromatic nitrogens is 1. The molecule has 0 saturated heterocycles. The van der Waals surface area contributed by atoms with E-state index in [9.17, 15) is 4.79 Å². The minimum atomic E-state index is -0.193. The van der Waals surface area contributed by atoms with Gasteiger partial charge in [0, 0.05) is 29.1 Å². The summed E-state index contributed by atoms with van der Waals surface area (Å²) < 4.78 is 0. The average Bonchev–Trinajstić information content (AvgIpc) is 2.81. The van der Waals surface area contributed by atoms with Gasteiger partial charge in [-0.2, -0.15) is 0 Å². The lowest BCUT2D eigenvalue weighted by molar-refractivity contribution is 0.0954. The summed E-state index contributed by atoms with van der Waals surface area (Å²) in [6, 6.07) is 4.82. The molecule has 0 spiro atoms. The highest BCUT2D eigenvalue weighted by Crippen LogP contribution is 2.20. The van der Waals surface area contributed by atoms with Crippen molar-refractivity contribution in [3.63, 3.8) is 0 Å². The second-order valence-corrected chi connectivity index (χ2v) is 5.41. The summed E-state index contributed by atoms with van der Waals surface area (Å²) >= 11 is 13.3. The van der Waals surface area contributed by atoms with E-state index in [0.29, 0.717) is 22.2 Å². The first-order valence-corrected chi connectivity index (χ1v) is 6.91. The van der Waals surface area contributed by atoms with Crippen LogP contribution in [0.25, 0.3) is 0 Å². The van der Waals surface area contributed by atoms with E-state index >= 15 is 0 Å². The van der Waals surface area contributed by atoms with Gasteiger partial charge in [0.1, 0.15) is 0 Å². The van der Waals surface area contributed by atoms with E-state index in [2.05, 4.69) is 10.3 Å². The Morgan fingerprint density at radius 1 is 1.39 bits per heavy atom. The second-order valence-electron chi connectivity index (χ2n) is 3.60. The highest BCUT2D eigenvalue weighted by Gasteiger charge is 2.10. The zero-order valence-electron chi connectivity index (χ0n) is 9.32. The Morgan fingerprint density at radius 3 is 2.89 bits per heavy atom. The van der Waals surface area contributed by atoms with Crippen LogP contribution in [-0.4, -0.2) is 17.4 Å². The number of nitrogens with one attached hydrogen (secondary N) is 1. The smallest absolute Gasteiger partial charge is 0.252 e. The predicted octanol–water partition coefficient (Wildman–Crippen LogP) is 3.42. The van der Waals surface area contributed by atoms with Crippen LogP contribution in [0.2, 0.25) is 10.0 Å². The molecular weight excluding hydrogens is 291 g/mol. The first kappa shape index (κ1) is 13.3. The van der Waals surface area contributed by atoms with Gasteiger partial charge in [-0.3, -0.25) is 9.78 Å². The van der Waals surface area contributed by atoms with Crippen molar-refractivity contribution in [1.29, 1.82) is 0 Å². The summed E-state index contributed by atoms with van der Waals surface area (Å²) in [7, 11) is 0. The predicted molar refractivity (Wildman–Crippen MR) is 74.6 cm³/mol. The molecule has 1 aromatic carbocycles. The molecule has 3 nitrogen and oxygen atoms in total. The fourth-order valence-corrected chi connectivity index (χ4v) is 2.53. The van der Waals surface area contributed by atoms with Crippen LogP contribution in [0.5, 0.6) is 0 Å². The number of carbonyl (C=O) groups is 1. The maximum absolute atomic E-state index is 11.9. The first-order valence-electron chi connectivity index (χ1n) is 5.27. The molecule has 2 aromatic rings. The van der Waals surface area contributed by atoms with E-state index in [1.807, 2.05) is 0 Å². The van der Waals surface area contributed by atoms with Crippen molar-refractivity contribution in [2.45, 2.75) is 6.42 Å². The summed E-state index contributed by atoms with van der Waals surface area (Å²) in [6.45, 7) is 0.556. The molecule has 0 aliphatic rings. The molecule has 1 aromatic heterocycles.